The number of allylic oxidation sites excluding steroid dienone is 3. The van der Waals surface area contributed by atoms with Crippen LogP contribution in [0.15, 0.2) is 193 Å². The maximum Gasteiger partial charge on any atom is 0.164 e. The van der Waals surface area contributed by atoms with Gasteiger partial charge in [0, 0.05) is 27.5 Å². The maximum absolute atomic E-state index is 6.61. The van der Waals surface area contributed by atoms with E-state index in [0.29, 0.717) is 17.5 Å². The first kappa shape index (κ1) is 33.2. The normalized spacial score (nSPS) is 11.9. The molecule has 2 heterocycles. The number of benzene rings is 8. The van der Waals surface area contributed by atoms with Crippen LogP contribution in [0.2, 0.25) is 0 Å². The van der Waals surface area contributed by atoms with Crippen molar-refractivity contribution in [3.8, 4) is 56.4 Å². The molecule has 4 nitrogen and oxygen atoms in total. The molecule has 0 saturated heterocycles. The molecular formula is C52H35N3O. The van der Waals surface area contributed by atoms with Crippen molar-refractivity contribution in [2.75, 3.05) is 0 Å². The lowest BCUT2D eigenvalue weighted by Crippen LogP contribution is -2.00. The van der Waals surface area contributed by atoms with E-state index in [1.54, 1.807) is 0 Å². The van der Waals surface area contributed by atoms with E-state index in [4.69, 9.17) is 19.4 Å². The molecule has 0 saturated carbocycles. The van der Waals surface area contributed by atoms with Gasteiger partial charge in [-0.1, -0.05) is 164 Å². The Morgan fingerprint density at radius 3 is 1.79 bits per heavy atom. The number of hydrogen-bond donors (Lipinski definition) is 0. The van der Waals surface area contributed by atoms with E-state index < -0.39 is 0 Å². The highest BCUT2D eigenvalue weighted by Gasteiger charge is 2.19. The first-order valence-electron chi connectivity index (χ1n) is 18.9. The minimum atomic E-state index is 0.596. The van der Waals surface area contributed by atoms with Gasteiger partial charge >= 0.3 is 0 Å². The van der Waals surface area contributed by atoms with Gasteiger partial charge in [-0.2, -0.15) is 0 Å². The number of fused-ring (bicyclic) bond motifs is 6. The van der Waals surface area contributed by atoms with Crippen molar-refractivity contribution < 1.29 is 4.42 Å². The maximum atomic E-state index is 6.61. The summed E-state index contributed by atoms with van der Waals surface area (Å²) in [5, 5.41) is 6.92. The zero-order valence-corrected chi connectivity index (χ0v) is 30.7. The van der Waals surface area contributed by atoms with Crippen molar-refractivity contribution in [3.63, 3.8) is 0 Å². The van der Waals surface area contributed by atoms with Crippen LogP contribution in [0, 0.1) is 0 Å². The molecule has 4 heteroatoms. The predicted octanol–water partition coefficient (Wildman–Crippen LogP) is 14.0. The number of aromatic nitrogens is 3. The molecule has 0 unspecified atom stereocenters. The number of rotatable bonds is 7. The fourth-order valence-corrected chi connectivity index (χ4v) is 7.70. The summed E-state index contributed by atoms with van der Waals surface area (Å²) in [6.45, 7) is 2.04. The van der Waals surface area contributed by atoms with E-state index in [9.17, 15) is 0 Å². The number of nitrogens with zero attached hydrogens (tertiary/aromatic N) is 3. The summed E-state index contributed by atoms with van der Waals surface area (Å²) in [5.74, 6) is 1.83. The largest absolute Gasteiger partial charge is 0.456 e. The second kappa shape index (κ2) is 14.1. The first-order chi connectivity index (χ1) is 27.7. The van der Waals surface area contributed by atoms with E-state index >= 15 is 0 Å². The lowest BCUT2D eigenvalue weighted by molar-refractivity contribution is 0.669. The molecule has 0 atom stereocenters. The molecule has 10 aromatic rings. The van der Waals surface area contributed by atoms with Crippen LogP contribution >= 0.6 is 0 Å². The standard InChI is InChI=1S/C52H35N3O/c1-2-3-6-18-41-31-40-19-11-12-20-42(40)43-29-27-38(32-46(41)43)39-28-30-44-48(33-39)56-47-22-13-21-45(49(44)47)52-54-50(36-16-9-5-10-17-36)53-51(55-52)37-25-23-35(24-26-37)34-14-7-4-8-15-34/h2-33H,1H3/b3-2-,18-6-. The molecule has 56 heavy (non-hydrogen) atoms. The van der Waals surface area contributed by atoms with Gasteiger partial charge in [-0.05, 0) is 86.6 Å². The van der Waals surface area contributed by atoms with Gasteiger partial charge in [-0.25, -0.2) is 15.0 Å². The minimum Gasteiger partial charge on any atom is -0.456 e. The van der Waals surface area contributed by atoms with Crippen molar-refractivity contribution in [2.45, 2.75) is 6.92 Å². The van der Waals surface area contributed by atoms with Gasteiger partial charge in [0.2, 0.25) is 0 Å². The predicted molar refractivity (Wildman–Crippen MR) is 233 cm³/mol. The van der Waals surface area contributed by atoms with E-state index in [0.717, 1.165) is 55.3 Å². The second-order valence-corrected chi connectivity index (χ2v) is 13.9. The Labute approximate surface area is 324 Å². The molecule has 0 spiro atoms. The number of hydrogen-bond acceptors (Lipinski definition) is 4. The fraction of sp³-hybridized carbons (Fsp3) is 0.0192. The molecule has 264 valence electrons. The van der Waals surface area contributed by atoms with E-state index in [2.05, 4.69) is 140 Å². The Bertz CT molecular complexity index is 3120. The first-order valence-corrected chi connectivity index (χ1v) is 18.9. The molecule has 0 aliphatic rings. The summed E-state index contributed by atoms with van der Waals surface area (Å²) in [6.07, 6.45) is 8.41. The molecular weight excluding hydrogens is 683 g/mol. The van der Waals surface area contributed by atoms with Crippen molar-refractivity contribution >= 4 is 49.6 Å². The lowest BCUT2D eigenvalue weighted by Gasteiger charge is -2.11. The van der Waals surface area contributed by atoms with Crippen molar-refractivity contribution in [2.24, 2.45) is 0 Å². The molecule has 0 N–H and O–H groups in total. The molecule has 10 rings (SSSR count). The third-order valence-corrected chi connectivity index (χ3v) is 10.5. The molecule has 0 aliphatic heterocycles. The van der Waals surface area contributed by atoms with Crippen molar-refractivity contribution in [1.82, 2.24) is 15.0 Å². The third kappa shape index (κ3) is 6.04. The van der Waals surface area contributed by atoms with E-state index in [-0.39, 0.29) is 0 Å². The monoisotopic (exact) mass is 717 g/mol. The van der Waals surface area contributed by atoms with Crippen LogP contribution in [0.1, 0.15) is 12.5 Å². The van der Waals surface area contributed by atoms with Crippen LogP contribution in [0.25, 0.3) is 106 Å². The van der Waals surface area contributed by atoms with Crippen molar-refractivity contribution in [1.29, 1.82) is 0 Å². The Hall–Kier alpha value is -7.43. The average Bonchev–Trinajstić information content (AvgIpc) is 3.65. The highest BCUT2D eigenvalue weighted by Crippen LogP contribution is 2.39. The Morgan fingerprint density at radius 1 is 0.411 bits per heavy atom. The smallest absolute Gasteiger partial charge is 0.164 e. The Morgan fingerprint density at radius 2 is 1.02 bits per heavy atom. The average molecular weight is 718 g/mol. The van der Waals surface area contributed by atoms with Crippen LogP contribution in [0.5, 0.6) is 0 Å². The van der Waals surface area contributed by atoms with Gasteiger partial charge in [0.05, 0.1) is 0 Å². The van der Waals surface area contributed by atoms with Crippen LogP contribution in [-0.4, -0.2) is 15.0 Å². The molecule has 0 fully saturated rings. The van der Waals surface area contributed by atoms with Crippen molar-refractivity contribution in [3.05, 3.63) is 194 Å². The van der Waals surface area contributed by atoms with Gasteiger partial charge in [-0.3, -0.25) is 0 Å². The van der Waals surface area contributed by atoms with Gasteiger partial charge < -0.3 is 4.42 Å². The van der Waals surface area contributed by atoms with Gasteiger partial charge in [0.1, 0.15) is 11.2 Å². The fourth-order valence-electron chi connectivity index (χ4n) is 7.70. The lowest BCUT2D eigenvalue weighted by atomic mass is 9.93. The van der Waals surface area contributed by atoms with E-state index in [1.165, 1.54) is 32.7 Å². The third-order valence-electron chi connectivity index (χ3n) is 10.5. The Balaban J connectivity index is 1.09. The Kier molecular flexibility index (Phi) is 8.34. The van der Waals surface area contributed by atoms with Crippen LogP contribution in [0.4, 0.5) is 0 Å². The van der Waals surface area contributed by atoms with Crippen LogP contribution in [-0.2, 0) is 0 Å². The van der Waals surface area contributed by atoms with E-state index in [1.807, 2.05) is 61.5 Å². The molecule has 0 amide bonds. The highest BCUT2D eigenvalue weighted by atomic mass is 16.3. The summed E-state index contributed by atoms with van der Waals surface area (Å²) in [6, 6.07) is 59.1. The molecule has 8 aromatic carbocycles. The van der Waals surface area contributed by atoms with Crippen LogP contribution in [0.3, 0.4) is 0 Å². The van der Waals surface area contributed by atoms with Gasteiger partial charge in [-0.15, -0.1) is 0 Å². The molecule has 0 bridgehead atoms. The molecule has 2 aromatic heterocycles. The summed E-state index contributed by atoms with van der Waals surface area (Å²) in [4.78, 5) is 15.2. The second-order valence-electron chi connectivity index (χ2n) is 13.9. The van der Waals surface area contributed by atoms with Gasteiger partial charge in [0.25, 0.3) is 0 Å². The quantitative estimate of drug-likeness (QED) is 0.122. The number of furan rings is 1. The molecule has 0 aliphatic carbocycles. The van der Waals surface area contributed by atoms with Crippen LogP contribution < -0.4 is 0 Å². The summed E-state index contributed by atoms with van der Waals surface area (Å²) in [7, 11) is 0. The SMILES string of the molecule is C/C=C\C=C/c1cc2ccccc2c2ccc(-c3ccc4c(c3)oc3cccc(-c5nc(-c6ccccc6)nc(-c6ccc(-c7ccccc7)cc6)n5)c34)cc12. The zero-order chi connectivity index (χ0) is 37.4. The summed E-state index contributed by atoms with van der Waals surface area (Å²) < 4.78 is 6.61. The molecule has 0 radical (unpaired) electrons. The highest BCUT2D eigenvalue weighted by molar-refractivity contribution is 6.14. The zero-order valence-electron chi connectivity index (χ0n) is 30.7. The van der Waals surface area contributed by atoms with Gasteiger partial charge in [0.15, 0.2) is 17.5 Å². The summed E-state index contributed by atoms with van der Waals surface area (Å²) >= 11 is 0. The minimum absolute atomic E-state index is 0.596. The summed E-state index contributed by atoms with van der Waals surface area (Å²) in [5.41, 5.74) is 10.0. The topological polar surface area (TPSA) is 51.8 Å².